The van der Waals surface area contributed by atoms with E-state index < -0.39 is 0 Å². The van der Waals surface area contributed by atoms with E-state index in [4.69, 9.17) is 9.15 Å². The summed E-state index contributed by atoms with van der Waals surface area (Å²) in [5.74, 6) is 0.799. The summed E-state index contributed by atoms with van der Waals surface area (Å²) in [5, 5.41) is 10.0. The molecule has 0 aromatic carbocycles. The van der Waals surface area contributed by atoms with Crippen molar-refractivity contribution in [2.75, 3.05) is 19.7 Å². The van der Waals surface area contributed by atoms with Gasteiger partial charge in [-0.05, 0) is 31.3 Å². The van der Waals surface area contributed by atoms with E-state index in [0.29, 0.717) is 24.9 Å². The van der Waals surface area contributed by atoms with Gasteiger partial charge in [0.05, 0.1) is 24.6 Å². The van der Waals surface area contributed by atoms with Gasteiger partial charge in [0.15, 0.2) is 0 Å². The fraction of sp³-hybridized carbons (Fsp3) is 0.500. The number of thiophene rings is 1. The Hall–Kier alpha value is -1.73. The van der Waals surface area contributed by atoms with Crippen LogP contribution < -0.4 is 0 Å². The number of esters is 1. The Labute approximate surface area is 127 Å². The lowest BCUT2D eigenvalue weighted by Crippen LogP contribution is -2.31. The third kappa shape index (κ3) is 4.64. The first-order chi connectivity index (χ1) is 10.2. The van der Waals surface area contributed by atoms with Crippen LogP contribution in [0.4, 0.5) is 0 Å². The lowest BCUT2D eigenvalue weighted by molar-refractivity contribution is -0.144. The highest BCUT2D eigenvalue weighted by molar-refractivity contribution is 7.13. The molecular formula is C14H19N3O3S. The average molecular weight is 309 g/mol. The normalized spacial score (nSPS) is 11.0. The molecule has 0 aliphatic heterocycles. The lowest BCUT2D eigenvalue weighted by atomic mass is 10.4. The van der Waals surface area contributed by atoms with E-state index in [9.17, 15) is 4.79 Å². The molecule has 0 saturated heterocycles. The maximum absolute atomic E-state index is 11.6. The second-order valence-electron chi connectivity index (χ2n) is 4.49. The molecule has 0 spiro atoms. The molecule has 0 saturated carbocycles. The minimum absolute atomic E-state index is 0.232. The number of aromatic nitrogens is 2. The van der Waals surface area contributed by atoms with Gasteiger partial charge < -0.3 is 9.15 Å². The zero-order valence-electron chi connectivity index (χ0n) is 12.2. The number of ether oxygens (including phenoxy) is 1. The van der Waals surface area contributed by atoms with Crippen molar-refractivity contribution >= 4 is 17.3 Å². The molecule has 2 aromatic heterocycles. The maximum atomic E-state index is 11.6. The smallest absolute Gasteiger partial charge is 0.320 e. The van der Waals surface area contributed by atoms with Crippen LogP contribution in [0.15, 0.2) is 21.9 Å². The summed E-state index contributed by atoms with van der Waals surface area (Å²) in [6, 6.07) is 3.87. The summed E-state index contributed by atoms with van der Waals surface area (Å²) < 4.78 is 10.6. The first-order valence-electron chi connectivity index (χ1n) is 6.97. The van der Waals surface area contributed by atoms with Crippen molar-refractivity contribution < 1.29 is 13.9 Å². The van der Waals surface area contributed by atoms with Gasteiger partial charge in [-0.2, -0.15) is 0 Å². The molecule has 7 heteroatoms. The maximum Gasteiger partial charge on any atom is 0.320 e. The van der Waals surface area contributed by atoms with Crippen molar-refractivity contribution in [2.24, 2.45) is 0 Å². The summed E-state index contributed by atoms with van der Waals surface area (Å²) >= 11 is 1.55. The largest absolute Gasteiger partial charge is 0.465 e. The highest BCUT2D eigenvalue weighted by Crippen LogP contribution is 2.23. The SMILES string of the molecule is CCCN(CC(=O)OCC)Cc1nnc(-c2cccs2)o1. The van der Waals surface area contributed by atoms with Gasteiger partial charge in [0.1, 0.15) is 0 Å². The quantitative estimate of drug-likeness (QED) is 0.698. The monoisotopic (exact) mass is 309 g/mol. The van der Waals surface area contributed by atoms with Crippen molar-refractivity contribution in [3.05, 3.63) is 23.4 Å². The molecule has 2 aromatic rings. The van der Waals surface area contributed by atoms with E-state index in [1.54, 1.807) is 18.3 Å². The fourth-order valence-corrected chi connectivity index (χ4v) is 2.57. The number of hydrogen-bond donors (Lipinski definition) is 0. The molecule has 6 nitrogen and oxygen atoms in total. The summed E-state index contributed by atoms with van der Waals surface area (Å²) in [6.07, 6.45) is 0.936. The van der Waals surface area contributed by atoms with Gasteiger partial charge in [-0.25, -0.2) is 0 Å². The molecular weight excluding hydrogens is 290 g/mol. The van der Waals surface area contributed by atoms with Gasteiger partial charge >= 0.3 is 5.97 Å². The third-order valence-corrected chi connectivity index (χ3v) is 3.61. The Morgan fingerprint density at radius 1 is 1.43 bits per heavy atom. The van der Waals surface area contributed by atoms with E-state index >= 15 is 0 Å². The summed E-state index contributed by atoms with van der Waals surface area (Å²) in [5.41, 5.74) is 0. The number of rotatable bonds is 8. The molecule has 0 bridgehead atoms. The van der Waals surface area contributed by atoms with Gasteiger partial charge in [-0.1, -0.05) is 13.0 Å². The highest BCUT2D eigenvalue weighted by atomic mass is 32.1. The zero-order valence-corrected chi connectivity index (χ0v) is 13.1. The van der Waals surface area contributed by atoms with E-state index in [0.717, 1.165) is 17.8 Å². The van der Waals surface area contributed by atoms with E-state index in [1.165, 1.54) is 0 Å². The number of hydrogen-bond acceptors (Lipinski definition) is 7. The van der Waals surface area contributed by atoms with Crippen molar-refractivity contribution in [3.8, 4) is 10.8 Å². The molecule has 0 atom stereocenters. The highest BCUT2D eigenvalue weighted by Gasteiger charge is 2.16. The van der Waals surface area contributed by atoms with Crippen LogP contribution in [-0.4, -0.2) is 40.8 Å². The van der Waals surface area contributed by atoms with Gasteiger partial charge in [0.25, 0.3) is 5.89 Å². The van der Waals surface area contributed by atoms with Crippen molar-refractivity contribution in [3.63, 3.8) is 0 Å². The minimum Gasteiger partial charge on any atom is -0.465 e. The predicted octanol–water partition coefficient (Wildman–Crippen LogP) is 2.57. The van der Waals surface area contributed by atoms with Crippen LogP contribution in [0.2, 0.25) is 0 Å². The molecule has 0 amide bonds. The number of nitrogens with zero attached hydrogens (tertiary/aromatic N) is 3. The van der Waals surface area contributed by atoms with Crippen LogP contribution in [0.3, 0.4) is 0 Å². The second-order valence-corrected chi connectivity index (χ2v) is 5.44. The molecule has 0 unspecified atom stereocenters. The Balaban J connectivity index is 1.98. The average Bonchev–Trinajstić information content (AvgIpc) is 3.09. The van der Waals surface area contributed by atoms with E-state index in [1.807, 2.05) is 22.4 Å². The Morgan fingerprint density at radius 3 is 2.95 bits per heavy atom. The van der Waals surface area contributed by atoms with E-state index in [2.05, 4.69) is 17.1 Å². The molecule has 0 aliphatic carbocycles. The van der Waals surface area contributed by atoms with E-state index in [-0.39, 0.29) is 12.5 Å². The Bertz CT molecular complexity index is 554. The van der Waals surface area contributed by atoms with Gasteiger partial charge in [0, 0.05) is 0 Å². The molecule has 114 valence electrons. The first kappa shape index (κ1) is 15.7. The lowest BCUT2D eigenvalue weighted by Gasteiger charge is -2.18. The summed E-state index contributed by atoms with van der Waals surface area (Å²) in [6.45, 7) is 5.71. The Morgan fingerprint density at radius 2 is 2.29 bits per heavy atom. The molecule has 0 N–H and O–H groups in total. The summed E-state index contributed by atoms with van der Waals surface area (Å²) in [4.78, 5) is 14.5. The van der Waals surface area contributed by atoms with Crippen LogP contribution in [0, 0.1) is 0 Å². The molecule has 21 heavy (non-hydrogen) atoms. The van der Waals surface area contributed by atoms with Crippen LogP contribution in [-0.2, 0) is 16.1 Å². The number of carbonyl (C=O) groups excluding carboxylic acids is 1. The first-order valence-corrected chi connectivity index (χ1v) is 7.85. The Kier molecular flexibility index (Phi) is 5.89. The second kappa shape index (κ2) is 7.90. The van der Waals surface area contributed by atoms with Crippen LogP contribution in [0.5, 0.6) is 0 Å². The van der Waals surface area contributed by atoms with Crippen molar-refractivity contribution in [1.29, 1.82) is 0 Å². The third-order valence-electron chi connectivity index (χ3n) is 2.76. The minimum atomic E-state index is -0.232. The molecule has 2 heterocycles. The fourth-order valence-electron chi connectivity index (χ4n) is 1.93. The predicted molar refractivity (Wildman–Crippen MR) is 79.8 cm³/mol. The molecule has 0 fully saturated rings. The van der Waals surface area contributed by atoms with Gasteiger partial charge in [0.2, 0.25) is 5.89 Å². The van der Waals surface area contributed by atoms with Crippen LogP contribution in [0.1, 0.15) is 26.2 Å². The van der Waals surface area contributed by atoms with Crippen molar-refractivity contribution in [1.82, 2.24) is 15.1 Å². The summed E-state index contributed by atoms with van der Waals surface area (Å²) in [7, 11) is 0. The molecule has 0 radical (unpaired) electrons. The van der Waals surface area contributed by atoms with Crippen LogP contribution in [0.25, 0.3) is 10.8 Å². The molecule has 2 rings (SSSR count). The van der Waals surface area contributed by atoms with Crippen molar-refractivity contribution in [2.45, 2.75) is 26.8 Å². The standard InChI is InChI=1S/C14H19N3O3S/c1-3-7-17(10-13(18)19-4-2)9-12-15-16-14(20-12)11-6-5-8-21-11/h5-6,8H,3-4,7,9-10H2,1-2H3. The topological polar surface area (TPSA) is 68.5 Å². The van der Waals surface area contributed by atoms with Gasteiger partial charge in [-0.3, -0.25) is 9.69 Å². The zero-order chi connectivity index (χ0) is 15.1. The molecule has 0 aliphatic rings. The van der Waals surface area contributed by atoms with Crippen LogP contribution >= 0.6 is 11.3 Å². The van der Waals surface area contributed by atoms with Gasteiger partial charge in [-0.15, -0.1) is 21.5 Å². The number of carbonyl (C=O) groups is 1.